The van der Waals surface area contributed by atoms with Gasteiger partial charge in [0.2, 0.25) is 5.91 Å². The summed E-state index contributed by atoms with van der Waals surface area (Å²) in [6, 6.07) is 8.22. The highest BCUT2D eigenvalue weighted by molar-refractivity contribution is 7.16. The Hall–Kier alpha value is -2.45. The number of carbonyl (C=O) groups excluding carboxylic acids is 1. The summed E-state index contributed by atoms with van der Waals surface area (Å²) in [5.74, 6) is -0.00374. The Balaban J connectivity index is 1.76. The van der Waals surface area contributed by atoms with E-state index < -0.39 is 0 Å². The number of nitrogens with zero attached hydrogens (tertiary/aromatic N) is 1. The third-order valence-electron chi connectivity index (χ3n) is 5.93. The maximum absolute atomic E-state index is 13.0. The first-order chi connectivity index (χ1) is 13.3. The fourth-order valence-corrected chi connectivity index (χ4v) is 4.93. The molecule has 5 heteroatoms. The minimum Gasteiger partial charge on any atom is -0.313 e. The van der Waals surface area contributed by atoms with Crippen LogP contribution in [0.15, 0.2) is 30.3 Å². The van der Waals surface area contributed by atoms with Gasteiger partial charge >= 0.3 is 0 Å². The van der Waals surface area contributed by atoms with Gasteiger partial charge in [-0.05, 0) is 59.9 Å². The molecule has 0 aliphatic heterocycles. The van der Waals surface area contributed by atoms with Crippen LogP contribution in [-0.2, 0) is 17.6 Å². The molecule has 1 N–H and O–H groups in total. The number of nitriles is 1. The molecule has 0 spiro atoms. The van der Waals surface area contributed by atoms with E-state index in [1.54, 1.807) is 18.2 Å². The number of fused-ring (bicyclic) bond motifs is 1. The SMILES string of the molecule is CCC(C)(C)C1CCc2c(sc(NC(=O)C=Cc3ccc(F)cc3)c2C#N)C1. The van der Waals surface area contributed by atoms with Gasteiger partial charge < -0.3 is 5.32 Å². The van der Waals surface area contributed by atoms with Crippen LogP contribution in [0.1, 0.15) is 55.2 Å². The molecule has 0 bridgehead atoms. The lowest BCUT2D eigenvalue weighted by Crippen LogP contribution is -2.28. The first kappa shape index (κ1) is 20.3. The first-order valence-corrected chi connectivity index (χ1v) is 10.4. The molecule has 1 aliphatic rings. The van der Waals surface area contributed by atoms with Crippen molar-refractivity contribution in [1.29, 1.82) is 5.26 Å². The Morgan fingerprint density at radius 2 is 2.11 bits per heavy atom. The molecule has 146 valence electrons. The maximum Gasteiger partial charge on any atom is 0.249 e. The fraction of sp³-hybridized carbons (Fsp3) is 0.391. The molecular weight excluding hydrogens is 371 g/mol. The standard InChI is InChI=1S/C23H25FN2OS/c1-4-23(2,3)16-8-11-18-19(14-25)22(28-20(18)13-16)26-21(27)12-7-15-5-9-17(24)10-6-15/h5-7,9-10,12,16H,4,8,11,13H2,1-3H3,(H,26,27). The smallest absolute Gasteiger partial charge is 0.249 e. The van der Waals surface area contributed by atoms with E-state index in [1.807, 2.05) is 0 Å². The van der Waals surface area contributed by atoms with Gasteiger partial charge in [-0.25, -0.2) is 4.39 Å². The van der Waals surface area contributed by atoms with Crippen molar-refractivity contribution in [2.24, 2.45) is 11.3 Å². The molecule has 1 heterocycles. The third kappa shape index (κ3) is 4.34. The van der Waals surface area contributed by atoms with Crippen molar-refractivity contribution >= 4 is 28.3 Å². The van der Waals surface area contributed by atoms with Crippen molar-refractivity contribution in [2.75, 3.05) is 5.32 Å². The van der Waals surface area contributed by atoms with Crippen molar-refractivity contribution < 1.29 is 9.18 Å². The van der Waals surface area contributed by atoms with Gasteiger partial charge in [0.15, 0.2) is 0 Å². The summed E-state index contributed by atoms with van der Waals surface area (Å²) in [6.45, 7) is 6.85. The van der Waals surface area contributed by atoms with Gasteiger partial charge in [0.25, 0.3) is 0 Å². The molecule has 1 amide bonds. The van der Waals surface area contributed by atoms with Crippen molar-refractivity contribution in [1.82, 2.24) is 0 Å². The number of thiophene rings is 1. The molecule has 1 aliphatic carbocycles. The van der Waals surface area contributed by atoms with E-state index in [-0.39, 0.29) is 17.1 Å². The zero-order chi connectivity index (χ0) is 20.3. The van der Waals surface area contributed by atoms with E-state index in [0.29, 0.717) is 16.5 Å². The second-order valence-corrected chi connectivity index (χ2v) is 9.08. The molecule has 0 saturated heterocycles. The fourth-order valence-electron chi connectivity index (χ4n) is 3.65. The topological polar surface area (TPSA) is 52.9 Å². The lowest BCUT2D eigenvalue weighted by Gasteiger charge is -2.36. The lowest BCUT2D eigenvalue weighted by atomic mass is 9.69. The molecule has 1 aromatic heterocycles. The number of benzene rings is 1. The predicted octanol–water partition coefficient (Wildman–Crippen LogP) is 5.95. The minimum absolute atomic E-state index is 0.274. The van der Waals surface area contributed by atoms with E-state index in [2.05, 4.69) is 32.2 Å². The number of halogens is 1. The van der Waals surface area contributed by atoms with Crippen LogP contribution < -0.4 is 5.32 Å². The Morgan fingerprint density at radius 3 is 2.75 bits per heavy atom. The monoisotopic (exact) mass is 396 g/mol. The second-order valence-electron chi connectivity index (χ2n) is 7.98. The van der Waals surface area contributed by atoms with Gasteiger partial charge in [-0.15, -0.1) is 11.3 Å². The van der Waals surface area contributed by atoms with Crippen LogP contribution in [0.4, 0.5) is 9.39 Å². The summed E-state index contributed by atoms with van der Waals surface area (Å²) in [6.07, 6.45) is 7.11. The Labute approximate surface area is 169 Å². The average molecular weight is 397 g/mol. The van der Waals surface area contributed by atoms with Crippen LogP contribution in [0.5, 0.6) is 0 Å². The largest absolute Gasteiger partial charge is 0.313 e. The lowest BCUT2D eigenvalue weighted by molar-refractivity contribution is -0.111. The van der Waals surface area contributed by atoms with Crippen molar-refractivity contribution in [3.8, 4) is 6.07 Å². The summed E-state index contributed by atoms with van der Waals surface area (Å²) in [4.78, 5) is 13.6. The Morgan fingerprint density at radius 1 is 1.39 bits per heavy atom. The van der Waals surface area contributed by atoms with Crippen molar-refractivity contribution in [2.45, 2.75) is 46.5 Å². The molecule has 1 unspecified atom stereocenters. The second kappa shape index (κ2) is 8.28. The number of hydrogen-bond donors (Lipinski definition) is 1. The number of anilines is 1. The number of nitrogens with one attached hydrogen (secondary N) is 1. The maximum atomic E-state index is 13.0. The number of rotatable bonds is 5. The normalized spacial score (nSPS) is 16.6. The summed E-state index contributed by atoms with van der Waals surface area (Å²) in [5.41, 5.74) is 2.73. The van der Waals surface area contributed by atoms with Crippen LogP contribution in [0.25, 0.3) is 6.08 Å². The molecule has 1 aromatic carbocycles. The van der Waals surface area contributed by atoms with E-state index in [4.69, 9.17) is 0 Å². The Bertz CT molecular complexity index is 935. The van der Waals surface area contributed by atoms with E-state index in [9.17, 15) is 14.4 Å². The first-order valence-electron chi connectivity index (χ1n) is 9.63. The molecule has 0 fully saturated rings. The van der Waals surface area contributed by atoms with Crippen LogP contribution in [0, 0.1) is 28.5 Å². The summed E-state index contributed by atoms with van der Waals surface area (Å²) < 4.78 is 13.0. The number of carbonyl (C=O) groups is 1. The summed E-state index contributed by atoms with van der Waals surface area (Å²) in [7, 11) is 0. The van der Waals surface area contributed by atoms with Crippen LogP contribution >= 0.6 is 11.3 Å². The van der Waals surface area contributed by atoms with E-state index >= 15 is 0 Å². The zero-order valence-corrected chi connectivity index (χ0v) is 17.3. The van der Waals surface area contributed by atoms with Gasteiger partial charge in [-0.2, -0.15) is 5.26 Å². The third-order valence-corrected chi connectivity index (χ3v) is 7.10. The molecule has 0 saturated carbocycles. The number of amides is 1. The van der Waals surface area contributed by atoms with Crippen LogP contribution in [-0.4, -0.2) is 5.91 Å². The number of hydrogen-bond acceptors (Lipinski definition) is 3. The predicted molar refractivity (Wildman–Crippen MR) is 113 cm³/mol. The van der Waals surface area contributed by atoms with Gasteiger partial charge in [0, 0.05) is 11.0 Å². The van der Waals surface area contributed by atoms with Crippen LogP contribution in [0.3, 0.4) is 0 Å². The van der Waals surface area contributed by atoms with Crippen molar-refractivity contribution in [3.05, 3.63) is 57.7 Å². The van der Waals surface area contributed by atoms with Crippen LogP contribution in [0.2, 0.25) is 0 Å². The van der Waals surface area contributed by atoms with Gasteiger partial charge in [0.05, 0.1) is 5.56 Å². The van der Waals surface area contributed by atoms with E-state index in [0.717, 1.165) is 36.8 Å². The average Bonchev–Trinajstić information content (AvgIpc) is 3.03. The Kier molecular flexibility index (Phi) is 6.00. The van der Waals surface area contributed by atoms with Crippen molar-refractivity contribution in [3.63, 3.8) is 0 Å². The molecule has 0 radical (unpaired) electrons. The highest BCUT2D eigenvalue weighted by atomic mass is 32.1. The minimum atomic E-state index is -0.311. The molecular formula is C23H25FN2OS. The highest BCUT2D eigenvalue weighted by Crippen LogP contribution is 2.45. The van der Waals surface area contributed by atoms with Gasteiger partial charge in [-0.3, -0.25) is 4.79 Å². The summed E-state index contributed by atoms with van der Waals surface area (Å²) in [5, 5.41) is 13.1. The molecule has 28 heavy (non-hydrogen) atoms. The quantitative estimate of drug-likeness (QED) is 0.635. The molecule has 2 aromatic rings. The van der Waals surface area contributed by atoms with Gasteiger partial charge in [0.1, 0.15) is 16.9 Å². The van der Waals surface area contributed by atoms with Gasteiger partial charge in [-0.1, -0.05) is 39.3 Å². The molecule has 1 atom stereocenters. The zero-order valence-electron chi connectivity index (χ0n) is 16.5. The molecule has 3 rings (SSSR count). The molecule has 3 nitrogen and oxygen atoms in total. The highest BCUT2D eigenvalue weighted by Gasteiger charge is 2.33. The van der Waals surface area contributed by atoms with E-state index in [1.165, 1.54) is 34.4 Å². The summed E-state index contributed by atoms with van der Waals surface area (Å²) >= 11 is 1.53.